The number of nitrogens with zero attached hydrogens (tertiary/aromatic N) is 1. The van der Waals surface area contributed by atoms with Crippen molar-refractivity contribution in [1.29, 1.82) is 0 Å². The monoisotopic (exact) mass is 378 g/mol. The van der Waals surface area contributed by atoms with Crippen LogP contribution in [0.4, 0.5) is 5.69 Å². The molecule has 2 N–H and O–H groups in total. The van der Waals surface area contributed by atoms with Gasteiger partial charge in [0, 0.05) is 23.4 Å². The van der Waals surface area contributed by atoms with Crippen LogP contribution in [0.3, 0.4) is 0 Å². The zero-order valence-corrected chi connectivity index (χ0v) is 13.6. The van der Waals surface area contributed by atoms with Gasteiger partial charge in [0.15, 0.2) is 0 Å². The summed E-state index contributed by atoms with van der Waals surface area (Å²) in [5.41, 5.74) is 0.802. The molecule has 0 spiro atoms. The number of aliphatic hydroxyl groups excluding tert-OH is 1. The van der Waals surface area contributed by atoms with Crippen molar-refractivity contribution in [2.24, 2.45) is 7.05 Å². The number of hydrogen-bond donors (Lipinski definition) is 2. The average Bonchev–Trinajstić information content (AvgIpc) is 2.75. The van der Waals surface area contributed by atoms with E-state index >= 15 is 0 Å². The molecule has 5 nitrogen and oxygen atoms in total. The first-order valence-corrected chi connectivity index (χ1v) is 8.23. The van der Waals surface area contributed by atoms with Gasteiger partial charge in [0.1, 0.15) is 4.90 Å². The number of aliphatic hydroxyl groups is 1. The maximum atomic E-state index is 12.2. The van der Waals surface area contributed by atoms with E-state index in [9.17, 15) is 8.42 Å². The molecule has 0 atom stereocenters. The van der Waals surface area contributed by atoms with Gasteiger partial charge < -0.3 is 9.67 Å². The van der Waals surface area contributed by atoms with Gasteiger partial charge >= 0.3 is 0 Å². The highest BCUT2D eigenvalue weighted by atomic mass is 79.9. The van der Waals surface area contributed by atoms with Gasteiger partial charge in [0.05, 0.1) is 17.3 Å². The fourth-order valence-corrected chi connectivity index (χ4v) is 3.61. The second-order valence-corrected chi connectivity index (χ2v) is 7.17. The number of rotatable bonds is 4. The summed E-state index contributed by atoms with van der Waals surface area (Å²) < 4.78 is 29.2. The predicted octanol–water partition coefficient (Wildman–Crippen LogP) is 2.73. The van der Waals surface area contributed by atoms with Gasteiger partial charge in [-0.25, -0.2) is 8.42 Å². The smallest absolute Gasteiger partial charge is 0.263 e. The Morgan fingerprint density at radius 2 is 2.10 bits per heavy atom. The summed E-state index contributed by atoms with van der Waals surface area (Å²) >= 11 is 9.23. The Morgan fingerprint density at radius 1 is 1.40 bits per heavy atom. The lowest BCUT2D eigenvalue weighted by atomic mass is 10.3. The van der Waals surface area contributed by atoms with Crippen LogP contribution in [0, 0.1) is 0 Å². The molecule has 0 aliphatic heterocycles. The number of halogens is 2. The maximum absolute atomic E-state index is 12.2. The van der Waals surface area contributed by atoms with E-state index in [0.29, 0.717) is 16.4 Å². The Hall–Kier alpha value is -1.02. The number of sulfonamides is 1. The van der Waals surface area contributed by atoms with E-state index in [1.165, 1.54) is 12.3 Å². The van der Waals surface area contributed by atoms with Crippen molar-refractivity contribution in [3.63, 3.8) is 0 Å². The van der Waals surface area contributed by atoms with Crippen molar-refractivity contribution in [3.8, 4) is 0 Å². The van der Waals surface area contributed by atoms with Crippen molar-refractivity contribution < 1.29 is 13.5 Å². The van der Waals surface area contributed by atoms with Crippen LogP contribution in [-0.2, 0) is 23.7 Å². The molecule has 0 saturated heterocycles. The number of anilines is 1. The molecule has 0 aliphatic rings. The van der Waals surface area contributed by atoms with Crippen LogP contribution in [0.5, 0.6) is 0 Å². The minimum Gasteiger partial charge on any atom is -0.390 e. The number of benzene rings is 1. The molecule has 1 aromatic heterocycles. The van der Waals surface area contributed by atoms with Gasteiger partial charge in [-0.15, -0.1) is 0 Å². The number of nitrogens with one attached hydrogen (secondary N) is 1. The number of aromatic nitrogens is 1. The molecule has 20 heavy (non-hydrogen) atoms. The summed E-state index contributed by atoms with van der Waals surface area (Å²) in [6, 6.07) is 6.27. The molecule has 0 fully saturated rings. The summed E-state index contributed by atoms with van der Waals surface area (Å²) in [6.45, 7) is -0.231. The van der Waals surface area contributed by atoms with Gasteiger partial charge in [-0.2, -0.15) is 0 Å². The van der Waals surface area contributed by atoms with Crippen molar-refractivity contribution in [1.82, 2.24) is 4.57 Å². The lowest BCUT2D eigenvalue weighted by molar-refractivity contribution is 0.272. The van der Waals surface area contributed by atoms with Crippen LogP contribution in [0.1, 0.15) is 5.69 Å². The van der Waals surface area contributed by atoms with Gasteiger partial charge in [-0.3, -0.25) is 4.72 Å². The summed E-state index contributed by atoms with van der Waals surface area (Å²) in [6.07, 6.45) is 1.43. The van der Waals surface area contributed by atoms with Crippen LogP contribution in [-0.4, -0.2) is 18.1 Å². The van der Waals surface area contributed by atoms with E-state index in [1.54, 1.807) is 29.8 Å². The normalized spacial score (nSPS) is 11.6. The highest BCUT2D eigenvalue weighted by Gasteiger charge is 2.18. The molecule has 0 saturated carbocycles. The van der Waals surface area contributed by atoms with Crippen LogP contribution in [0.15, 0.2) is 39.8 Å². The minimum absolute atomic E-state index is 0.0723. The first kappa shape index (κ1) is 15.4. The zero-order chi connectivity index (χ0) is 14.9. The van der Waals surface area contributed by atoms with E-state index < -0.39 is 10.0 Å². The number of hydrogen-bond acceptors (Lipinski definition) is 3. The maximum Gasteiger partial charge on any atom is 0.263 e. The Labute approximate surface area is 130 Å². The van der Waals surface area contributed by atoms with Crippen LogP contribution < -0.4 is 4.72 Å². The topological polar surface area (TPSA) is 71.3 Å². The first-order valence-electron chi connectivity index (χ1n) is 5.57. The van der Waals surface area contributed by atoms with E-state index in [-0.39, 0.29) is 11.5 Å². The van der Waals surface area contributed by atoms with Crippen LogP contribution in [0.25, 0.3) is 0 Å². The van der Waals surface area contributed by atoms with Gasteiger partial charge in [0.2, 0.25) is 0 Å². The van der Waals surface area contributed by atoms with Gasteiger partial charge in [0.25, 0.3) is 10.0 Å². The molecule has 8 heteroatoms. The molecule has 108 valence electrons. The van der Waals surface area contributed by atoms with E-state index in [4.69, 9.17) is 16.7 Å². The van der Waals surface area contributed by atoms with Gasteiger partial charge in [-0.1, -0.05) is 27.5 Å². The fraction of sp³-hybridized carbons (Fsp3) is 0.167. The molecule has 0 bridgehead atoms. The lowest BCUT2D eigenvalue weighted by Crippen LogP contribution is -2.12. The van der Waals surface area contributed by atoms with Crippen molar-refractivity contribution in [3.05, 3.63) is 45.7 Å². The average molecular weight is 380 g/mol. The highest BCUT2D eigenvalue weighted by molar-refractivity contribution is 9.10. The number of aryl methyl sites for hydroxylation is 1. The predicted molar refractivity (Wildman–Crippen MR) is 81.3 cm³/mol. The SMILES string of the molecule is Cn1cc(S(=O)(=O)Nc2ccc(Br)cc2Cl)cc1CO. The Bertz CT molecular complexity index is 743. The van der Waals surface area contributed by atoms with Crippen molar-refractivity contribution in [2.75, 3.05) is 4.72 Å². The van der Waals surface area contributed by atoms with E-state index in [0.717, 1.165) is 4.47 Å². The highest BCUT2D eigenvalue weighted by Crippen LogP contribution is 2.28. The van der Waals surface area contributed by atoms with E-state index in [1.807, 2.05) is 0 Å². The van der Waals surface area contributed by atoms with Gasteiger partial charge in [-0.05, 0) is 24.3 Å². The molecular weight excluding hydrogens is 368 g/mol. The minimum atomic E-state index is -3.74. The van der Waals surface area contributed by atoms with Crippen LogP contribution >= 0.6 is 27.5 Å². The lowest BCUT2D eigenvalue weighted by Gasteiger charge is -2.08. The quantitative estimate of drug-likeness (QED) is 0.858. The third-order valence-electron chi connectivity index (χ3n) is 2.73. The molecular formula is C12H12BrClN2O3S. The van der Waals surface area contributed by atoms with Crippen molar-refractivity contribution >= 4 is 43.2 Å². The molecule has 2 rings (SSSR count). The van der Waals surface area contributed by atoms with Crippen molar-refractivity contribution in [2.45, 2.75) is 11.5 Å². The summed E-state index contributed by atoms with van der Waals surface area (Å²) in [4.78, 5) is 0.0723. The summed E-state index contributed by atoms with van der Waals surface area (Å²) in [5.74, 6) is 0. The molecule has 2 aromatic rings. The Morgan fingerprint density at radius 3 is 2.65 bits per heavy atom. The van der Waals surface area contributed by atoms with Crippen LogP contribution in [0.2, 0.25) is 5.02 Å². The second-order valence-electron chi connectivity index (χ2n) is 4.17. The molecule has 0 unspecified atom stereocenters. The first-order chi connectivity index (χ1) is 9.33. The fourth-order valence-electron chi connectivity index (χ4n) is 1.66. The molecule has 0 radical (unpaired) electrons. The second kappa shape index (κ2) is 5.77. The molecule has 1 heterocycles. The Kier molecular flexibility index (Phi) is 4.43. The summed E-state index contributed by atoms with van der Waals surface area (Å²) in [5, 5.41) is 9.39. The molecule has 1 aromatic carbocycles. The Balaban J connectivity index is 2.35. The standard InChI is InChI=1S/C12H12BrClN2O3S/c1-16-6-10(5-9(16)7-17)20(18,19)15-12-3-2-8(13)4-11(12)14/h2-6,15,17H,7H2,1H3. The molecule has 0 amide bonds. The zero-order valence-electron chi connectivity index (χ0n) is 10.5. The van der Waals surface area contributed by atoms with E-state index in [2.05, 4.69) is 20.7 Å². The third-order valence-corrected chi connectivity index (χ3v) is 4.87. The third kappa shape index (κ3) is 3.17. The largest absolute Gasteiger partial charge is 0.390 e. The summed E-state index contributed by atoms with van der Waals surface area (Å²) in [7, 11) is -2.08. The molecule has 0 aliphatic carbocycles.